The molecule has 0 spiro atoms. The highest BCUT2D eigenvalue weighted by Crippen LogP contribution is 2.31. The van der Waals surface area contributed by atoms with Gasteiger partial charge in [-0.3, -0.25) is 0 Å². The van der Waals surface area contributed by atoms with Gasteiger partial charge in [0, 0.05) is 11.1 Å². The van der Waals surface area contributed by atoms with Crippen LogP contribution in [0.2, 0.25) is 5.02 Å². The maximum absolute atomic E-state index is 6.23. The van der Waals surface area contributed by atoms with E-state index in [0.717, 1.165) is 30.8 Å². The number of nitrogens with one attached hydrogen (secondary N) is 1. The normalized spacial score (nSPS) is 22.1. The van der Waals surface area contributed by atoms with Crippen LogP contribution in [0.4, 0.5) is 0 Å². The molecule has 1 aromatic rings. The Bertz CT molecular complexity index is 364. The average molecular weight is 241 g/mol. The summed E-state index contributed by atoms with van der Waals surface area (Å²) < 4.78 is 5.12. The summed E-state index contributed by atoms with van der Waals surface area (Å²) in [7, 11) is 1.63. The molecule has 0 bridgehead atoms. The van der Waals surface area contributed by atoms with Gasteiger partial charge in [0.15, 0.2) is 0 Å². The van der Waals surface area contributed by atoms with Gasteiger partial charge in [-0.15, -0.1) is 0 Å². The van der Waals surface area contributed by atoms with Gasteiger partial charge in [0.2, 0.25) is 0 Å². The predicted octanol–water partition coefficient (Wildman–Crippen LogP) is 1.96. The van der Waals surface area contributed by atoms with E-state index in [0.29, 0.717) is 10.9 Å². The molecule has 0 aliphatic carbocycles. The minimum absolute atomic E-state index is 0.00778. The van der Waals surface area contributed by atoms with Crippen LogP contribution in [0.15, 0.2) is 18.2 Å². The molecule has 2 rings (SSSR count). The fraction of sp³-hybridized carbons (Fsp3) is 0.500. The standard InChI is InChI=1S/C12H17ClN2O/c1-16-9-2-3-10(11(13)6-9)12(14)8-4-5-15-7-8/h2-3,6,8,12,15H,4-5,7,14H2,1H3. The Morgan fingerprint density at radius 2 is 2.38 bits per heavy atom. The third kappa shape index (κ3) is 2.32. The van der Waals surface area contributed by atoms with Crippen LogP contribution in [-0.4, -0.2) is 20.2 Å². The lowest BCUT2D eigenvalue weighted by molar-refractivity contribution is 0.413. The van der Waals surface area contributed by atoms with Crippen LogP contribution in [0.3, 0.4) is 0 Å². The van der Waals surface area contributed by atoms with Crippen molar-refractivity contribution < 1.29 is 4.74 Å². The molecule has 1 heterocycles. The van der Waals surface area contributed by atoms with Crippen molar-refractivity contribution in [1.82, 2.24) is 5.32 Å². The zero-order valence-electron chi connectivity index (χ0n) is 9.37. The Balaban J connectivity index is 2.19. The van der Waals surface area contributed by atoms with Gasteiger partial charge in [0.1, 0.15) is 5.75 Å². The smallest absolute Gasteiger partial charge is 0.120 e. The van der Waals surface area contributed by atoms with E-state index in [-0.39, 0.29) is 6.04 Å². The van der Waals surface area contributed by atoms with E-state index in [1.165, 1.54) is 0 Å². The van der Waals surface area contributed by atoms with Crippen LogP contribution >= 0.6 is 11.6 Å². The molecule has 0 saturated carbocycles. The molecule has 1 saturated heterocycles. The average Bonchev–Trinajstić information content (AvgIpc) is 2.81. The van der Waals surface area contributed by atoms with Crippen LogP contribution in [0.25, 0.3) is 0 Å². The molecule has 4 heteroatoms. The van der Waals surface area contributed by atoms with Gasteiger partial charge < -0.3 is 15.8 Å². The van der Waals surface area contributed by atoms with E-state index in [1.807, 2.05) is 18.2 Å². The Morgan fingerprint density at radius 1 is 1.56 bits per heavy atom. The van der Waals surface area contributed by atoms with E-state index >= 15 is 0 Å². The maximum Gasteiger partial charge on any atom is 0.120 e. The van der Waals surface area contributed by atoms with Crippen molar-refractivity contribution in [2.24, 2.45) is 11.7 Å². The molecule has 1 aliphatic heterocycles. The topological polar surface area (TPSA) is 47.3 Å². The number of hydrogen-bond acceptors (Lipinski definition) is 3. The molecule has 3 N–H and O–H groups in total. The molecule has 88 valence electrons. The number of rotatable bonds is 3. The lowest BCUT2D eigenvalue weighted by Gasteiger charge is -2.20. The number of ether oxygens (including phenoxy) is 1. The molecule has 1 aromatic carbocycles. The lowest BCUT2D eigenvalue weighted by Crippen LogP contribution is -2.23. The predicted molar refractivity (Wildman–Crippen MR) is 65.9 cm³/mol. The molecule has 2 atom stereocenters. The van der Waals surface area contributed by atoms with Gasteiger partial charge in [0.25, 0.3) is 0 Å². The number of halogens is 1. The summed E-state index contributed by atoms with van der Waals surface area (Å²) in [6.45, 7) is 2.02. The largest absolute Gasteiger partial charge is 0.497 e. The summed E-state index contributed by atoms with van der Waals surface area (Å²) in [6.07, 6.45) is 1.11. The van der Waals surface area contributed by atoms with E-state index in [2.05, 4.69) is 5.32 Å². The summed E-state index contributed by atoms with van der Waals surface area (Å²) in [5.74, 6) is 1.25. The van der Waals surface area contributed by atoms with Crippen LogP contribution in [0.1, 0.15) is 18.0 Å². The second-order valence-electron chi connectivity index (χ2n) is 4.17. The highest BCUT2D eigenvalue weighted by Gasteiger charge is 2.24. The molecule has 3 nitrogen and oxygen atoms in total. The number of hydrogen-bond donors (Lipinski definition) is 2. The van der Waals surface area contributed by atoms with Crippen LogP contribution in [0, 0.1) is 5.92 Å². The van der Waals surface area contributed by atoms with Gasteiger partial charge in [-0.1, -0.05) is 17.7 Å². The molecule has 0 amide bonds. The van der Waals surface area contributed by atoms with Crippen molar-refractivity contribution in [2.45, 2.75) is 12.5 Å². The van der Waals surface area contributed by atoms with Gasteiger partial charge in [-0.05, 0) is 43.1 Å². The van der Waals surface area contributed by atoms with Gasteiger partial charge in [-0.2, -0.15) is 0 Å². The van der Waals surface area contributed by atoms with Crippen molar-refractivity contribution in [3.05, 3.63) is 28.8 Å². The van der Waals surface area contributed by atoms with E-state index < -0.39 is 0 Å². The molecule has 0 radical (unpaired) electrons. The highest BCUT2D eigenvalue weighted by molar-refractivity contribution is 6.31. The van der Waals surface area contributed by atoms with Gasteiger partial charge >= 0.3 is 0 Å². The summed E-state index contributed by atoms with van der Waals surface area (Å²) in [4.78, 5) is 0. The SMILES string of the molecule is COc1ccc(C(N)C2CCNC2)c(Cl)c1. The minimum atomic E-state index is 0.00778. The summed E-state index contributed by atoms with van der Waals surface area (Å²) in [5, 5.41) is 4.01. The number of nitrogens with two attached hydrogens (primary N) is 1. The summed E-state index contributed by atoms with van der Waals surface area (Å²) in [6, 6.07) is 5.70. The Labute approximate surface area is 101 Å². The van der Waals surface area contributed by atoms with E-state index in [1.54, 1.807) is 7.11 Å². The Morgan fingerprint density at radius 3 is 2.94 bits per heavy atom. The maximum atomic E-state index is 6.23. The third-order valence-corrected chi connectivity index (χ3v) is 3.50. The van der Waals surface area contributed by atoms with Crippen LogP contribution in [0.5, 0.6) is 5.75 Å². The second-order valence-corrected chi connectivity index (χ2v) is 4.57. The molecule has 0 aromatic heterocycles. The molecule has 1 fully saturated rings. The number of benzene rings is 1. The van der Waals surface area contributed by atoms with Crippen molar-refractivity contribution >= 4 is 11.6 Å². The van der Waals surface area contributed by atoms with E-state index in [9.17, 15) is 0 Å². The first-order valence-corrected chi connectivity index (χ1v) is 5.90. The minimum Gasteiger partial charge on any atom is -0.497 e. The Hall–Kier alpha value is -0.770. The molecular formula is C12H17ClN2O. The monoisotopic (exact) mass is 240 g/mol. The first-order valence-electron chi connectivity index (χ1n) is 5.52. The van der Waals surface area contributed by atoms with Crippen molar-refractivity contribution in [3.63, 3.8) is 0 Å². The highest BCUT2D eigenvalue weighted by atomic mass is 35.5. The number of methoxy groups -OCH3 is 1. The summed E-state index contributed by atoms with van der Waals surface area (Å²) >= 11 is 6.20. The first-order chi connectivity index (χ1) is 7.72. The molecular weight excluding hydrogens is 224 g/mol. The van der Waals surface area contributed by atoms with Crippen LogP contribution < -0.4 is 15.8 Å². The zero-order valence-corrected chi connectivity index (χ0v) is 10.1. The Kier molecular flexibility index (Phi) is 3.69. The van der Waals surface area contributed by atoms with Crippen molar-refractivity contribution in [3.8, 4) is 5.75 Å². The lowest BCUT2D eigenvalue weighted by atomic mass is 9.93. The van der Waals surface area contributed by atoms with E-state index in [4.69, 9.17) is 22.1 Å². The molecule has 2 unspecified atom stereocenters. The quantitative estimate of drug-likeness (QED) is 0.849. The van der Waals surface area contributed by atoms with Gasteiger partial charge in [0.05, 0.1) is 7.11 Å². The molecule has 1 aliphatic rings. The fourth-order valence-electron chi connectivity index (χ4n) is 2.14. The first kappa shape index (κ1) is 11.7. The summed E-state index contributed by atoms with van der Waals surface area (Å²) in [5.41, 5.74) is 7.24. The van der Waals surface area contributed by atoms with Crippen LogP contribution in [-0.2, 0) is 0 Å². The fourth-order valence-corrected chi connectivity index (χ4v) is 2.44. The zero-order chi connectivity index (χ0) is 11.5. The third-order valence-electron chi connectivity index (χ3n) is 3.17. The van der Waals surface area contributed by atoms with Crippen molar-refractivity contribution in [2.75, 3.05) is 20.2 Å². The molecule has 16 heavy (non-hydrogen) atoms. The second kappa shape index (κ2) is 5.04. The van der Waals surface area contributed by atoms with Crippen molar-refractivity contribution in [1.29, 1.82) is 0 Å². The van der Waals surface area contributed by atoms with Gasteiger partial charge in [-0.25, -0.2) is 0 Å².